The molecule has 0 aliphatic rings. The number of thiophene rings is 1. The standard InChI is InChI=1S/C6H6S2/c1-5-3-8-4-6(5)2-7/h2-4H,1H3. The molecule has 0 amide bonds. The zero-order valence-electron chi connectivity index (χ0n) is 4.55. The van der Waals surface area contributed by atoms with Crippen molar-refractivity contribution in [2.75, 3.05) is 0 Å². The first-order valence-corrected chi connectivity index (χ1v) is 3.74. The van der Waals surface area contributed by atoms with Crippen LogP contribution in [0, 0.1) is 6.92 Å². The van der Waals surface area contributed by atoms with Gasteiger partial charge in [-0.1, -0.05) is 12.2 Å². The molecular formula is C6H6S2. The van der Waals surface area contributed by atoms with Crippen molar-refractivity contribution in [1.29, 1.82) is 0 Å². The van der Waals surface area contributed by atoms with Crippen molar-refractivity contribution in [3.8, 4) is 0 Å². The highest BCUT2D eigenvalue weighted by Crippen LogP contribution is 2.10. The average Bonchev–Trinajstić information content (AvgIpc) is 2.14. The van der Waals surface area contributed by atoms with Crippen LogP contribution in [0.1, 0.15) is 11.1 Å². The van der Waals surface area contributed by atoms with E-state index >= 15 is 0 Å². The Morgan fingerprint density at radius 2 is 2.38 bits per heavy atom. The van der Waals surface area contributed by atoms with Gasteiger partial charge in [0.1, 0.15) is 0 Å². The van der Waals surface area contributed by atoms with Gasteiger partial charge >= 0.3 is 0 Å². The molecule has 0 fully saturated rings. The molecule has 0 atom stereocenters. The number of hydrogen-bond acceptors (Lipinski definition) is 2. The third-order valence-electron chi connectivity index (χ3n) is 1.02. The molecule has 0 aliphatic carbocycles. The highest BCUT2D eigenvalue weighted by Gasteiger charge is 1.90. The molecule has 42 valence electrons. The molecule has 1 rings (SSSR count). The third-order valence-corrected chi connectivity index (χ3v) is 2.16. The molecule has 0 spiro atoms. The van der Waals surface area contributed by atoms with E-state index in [9.17, 15) is 0 Å². The topological polar surface area (TPSA) is 0 Å². The lowest BCUT2D eigenvalue weighted by Crippen LogP contribution is -1.72. The molecule has 0 saturated heterocycles. The van der Waals surface area contributed by atoms with Crippen LogP contribution < -0.4 is 0 Å². The minimum Gasteiger partial charge on any atom is -0.151 e. The van der Waals surface area contributed by atoms with Crippen LogP contribution >= 0.6 is 23.6 Å². The van der Waals surface area contributed by atoms with Crippen molar-refractivity contribution >= 4 is 28.9 Å². The molecule has 0 aromatic carbocycles. The van der Waals surface area contributed by atoms with E-state index in [2.05, 4.69) is 17.7 Å². The van der Waals surface area contributed by atoms with E-state index in [0.29, 0.717) is 0 Å². The van der Waals surface area contributed by atoms with Gasteiger partial charge in [-0.15, -0.1) is 0 Å². The van der Waals surface area contributed by atoms with Gasteiger partial charge in [0.05, 0.1) is 0 Å². The van der Waals surface area contributed by atoms with E-state index in [0.717, 1.165) is 0 Å². The summed E-state index contributed by atoms with van der Waals surface area (Å²) in [5.74, 6) is 0. The summed E-state index contributed by atoms with van der Waals surface area (Å²) in [6.07, 6.45) is 0. The summed E-state index contributed by atoms with van der Waals surface area (Å²) in [5, 5.41) is 5.87. The van der Waals surface area contributed by atoms with Crippen molar-refractivity contribution in [1.82, 2.24) is 0 Å². The highest BCUT2D eigenvalue weighted by atomic mass is 32.1. The Labute approximate surface area is 58.2 Å². The Balaban J connectivity index is 3.09. The van der Waals surface area contributed by atoms with Gasteiger partial charge in [0, 0.05) is 5.37 Å². The van der Waals surface area contributed by atoms with Gasteiger partial charge in [0.2, 0.25) is 0 Å². The van der Waals surface area contributed by atoms with Crippen LogP contribution in [0.5, 0.6) is 0 Å². The van der Waals surface area contributed by atoms with Gasteiger partial charge in [-0.25, -0.2) is 0 Å². The SMILES string of the molecule is Cc1cscc1C=S. The van der Waals surface area contributed by atoms with E-state index in [4.69, 9.17) is 12.2 Å². The number of aryl methyl sites for hydroxylation is 1. The van der Waals surface area contributed by atoms with Crippen LogP contribution in [0.4, 0.5) is 0 Å². The fourth-order valence-corrected chi connectivity index (χ4v) is 1.64. The first kappa shape index (κ1) is 5.92. The second-order valence-corrected chi connectivity index (χ2v) is 2.61. The van der Waals surface area contributed by atoms with Crippen molar-refractivity contribution in [2.24, 2.45) is 0 Å². The van der Waals surface area contributed by atoms with Gasteiger partial charge in [-0.3, -0.25) is 0 Å². The maximum atomic E-state index is 4.74. The van der Waals surface area contributed by atoms with Crippen LogP contribution in [0.3, 0.4) is 0 Å². The molecule has 1 aromatic rings. The molecular weight excluding hydrogens is 136 g/mol. The van der Waals surface area contributed by atoms with Crippen LogP contribution in [-0.2, 0) is 0 Å². The van der Waals surface area contributed by atoms with Crippen molar-refractivity contribution in [3.63, 3.8) is 0 Å². The van der Waals surface area contributed by atoms with E-state index in [1.807, 2.05) is 0 Å². The molecule has 8 heavy (non-hydrogen) atoms. The van der Waals surface area contributed by atoms with Crippen LogP contribution in [0.2, 0.25) is 0 Å². The summed E-state index contributed by atoms with van der Waals surface area (Å²) in [4.78, 5) is 0. The summed E-state index contributed by atoms with van der Waals surface area (Å²) in [5.41, 5.74) is 2.47. The largest absolute Gasteiger partial charge is 0.151 e. The summed E-state index contributed by atoms with van der Waals surface area (Å²) in [6.45, 7) is 2.06. The quantitative estimate of drug-likeness (QED) is 0.543. The molecule has 0 radical (unpaired) electrons. The molecule has 0 saturated carbocycles. The van der Waals surface area contributed by atoms with E-state index in [1.54, 1.807) is 16.7 Å². The molecule has 0 N–H and O–H groups in total. The minimum absolute atomic E-state index is 1.19. The lowest BCUT2D eigenvalue weighted by Gasteiger charge is -1.81. The number of rotatable bonds is 1. The van der Waals surface area contributed by atoms with Gasteiger partial charge < -0.3 is 0 Å². The van der Waals surface area contributed by atoms with E-state index in [1.165, 1.54) is 11.1 Å². The Hall–Kier alpha value is -0.210. The summed E-state index contributed by atoms with van der Waals surface area (Å²) in [6, 6.07) is 0. The monoisotopic (exact) mass is 142 g/mol. The van der Waals surface area contributed by atoms with Gasteiger partial charge in [0.15, 0.2) is 0 Å². The zero-order valence-corrected chi connectivity index (χ0v) is 6.18. The smallest absolute Gasteiger partial charge is 0.00971 e. The van der Waals surface area contributed by atoms with Crippen LogP contribution in [0.15, 0.2) is 10.8 Å². The number of thiocarbonyl (C=S) groups is 1. The minimum atomic E-state index is 1.19. The molecule has 2 heteroatoms. The maximum Gasteiger partial charge on any atom is 0.00971 e. The molecule has 1 heterocycles. The third kappa shape index (κ3) is 0.956. The Morgan fingerprint density at radius 3 is 2.62 bits per heavy atom. The molecule has 1 aromatic heterocycles. The maximum absolute atomic E-state index is 4.74. The van der Waals surface area contributed by atoms with Crippen molar-refractivity contribution < 1.29 is 0 Å². The van der Waals surface area contributed by atoms with Crippen LogP contribution in [-0.4, -0.2) is 5.37 Å². The fraction of sp³-hybridized carbons (Fsp3) is 0.167. The average molecular weight is 142 g/mol. The van der Waals surface area contributed by atoms with E-state index in [-0.39, 0.29) is 0 Å². The van der Waals surface area contributed by atoms with Crippen molar-refractivity contribution in [3.05, 3.63) is 21.9 Å². The Kier molecular flexibility index (Phi) is 1.76. The van der Waals surface area contributed by atoms with Gasteiger partial charge in [-0.2, -0.15) is 11.3 Å². The fourth-order valence-electron chi connectivity index (χ4n) is 0.491. The Bertz CT molecular complexity index is 188. The Morgan fingerprint density at radius 1 is 1.62 bits per heavy atom. The molecule has 0 aliphatic heterocycles. The molecule has 0 nitrogen and oxygen atoms in total. The molecule has 0 unspecified atom stereocenters. The predicted octanol–water partition coefficient (Wildman–Crippen LogP) is 2.40. The second-order valence-electron chi connectivity index (χ2n) is 1.63. The number of hydrogen-bond donors (Lipinski definition) is 0. The predicted molar refractivity (Wildman–Crippen MR) is 41.8 cm³/mol. The van der Waals surface area contributed by atoms with E-state index < -0.39 is 0 Å². The second kappa shape index (κ2) is 2.37. The molecule has 0 bridgehead atoms. The van der Waals surface area contributed by atoms with Crippen molar-refractivity contribution in [2.45, 2.75) is 6.92 Å². The zero-order chi connectivity index (χ0) is 5.98. The first-order valence-electron chi connectivity index (χ1n) is 2.32. The lowest BCUT2D eigenvalue weighted by atomic mass is 10.2. The normalized spacial score (nSPS) is 9.12. The summed E-state index contributed by atoms with van der Waals surface area (Å²) >= 11 is 6.43. The lowest BCUT2D eigenvalue weighted by molar-refractivity contribution is 1.54. The highest BCUT2D eigenvalue weighted by molar-refractivity contribution is 7.79. The first-order chi connectivity index (χ1) is 3.84. The summed E-state index contributed by atoms with van der Waals surface area (Å²) < 4.78 is 0. The van der Waals surface area contributed by atoms with Gasteiger partial charge in [-0.05, 0) is 28.8 Å². The van der Waals surface area contributed by atoms with Gasteiger partial charge in [0.25, 0.3) is 0 Å². The summed E-state index contributed by atoms with van der Waals surface area (Å²) in [7, 11) is 0. The van der Waals surface area contributed by atoms with Crippen LogP contribution in [0.25, 0.3) is 0 Å².